The Labute approximate surface area is 233 Å². The van der Waals surface area contributed by atoms with Crippen molar-refractivity contribution >= 4 is 17.6 Å². The molecule has 0 aromatic heterocycles. The van der Waals surface area contributed by atoms with Crippen LogP contribution in [0.4, 0.5) is 8.78 Å². The Morgan fingerprint density at radius 2 is 1.67 bits per heavy atom. The maximum absolute atomic E-state index is 13.6. The Morgan fingerprint density at radius 3 is 2.21 bits per heavy atom. The highest BCUT2D eigenvalue weighted by Crippen LogP contribution is 2.51. The van der Waals surface area contributed by atoms with Crippen molar-refractivity contribution in [2.24, 2.45) is 29.6 Å². The Bertz CT molecular complexity index is 1000. The summed E-state index contributed by atoms with van der Waals surface area (Å²) < 4.78 is 27.2. The van der Waals surface area contributed by atoms with Gasteiger partial charge in [-0.05, 0) is 81.6 Å². The zero-order chi connectivity index (χ0) is 28.4. The van der Waals surface area contributed by atoms with Crippen LogP contribution in [0.5, 0.6) is 0 Å². The molecule has 1 aromatic rings. The van der Waals surface area contributed by atoms with E-state index in [2.05, 4.69) is 24.4 Å². The van der Waals surface area contributed by atoms with Crippen LogP contribution >= 0.6 is 0 Å². The van der Waals surface area contributed by atoms with E-state index in [-0.39, 0.29) is 54.9 Å². The largest absolute Gasteiger partial charge is 0.355 e. The Kier molecular flexibility index (Phi) is 9.17. The molecule has 3 aliphatic carbocycles. The van der Waals surface area contributed by atoms with Gasteiger partial charge in [0.2, 0.25) is 11.8 Å². The van der Waals surface area contributed by atoms with Crippen LogP contribution in [0.2, 0.25) is 0 Å². The van der Waals surface area contributed by atoms with E-state index in [1.807, 2.05) is 43.9 Å². The first kappa shape index (κ1) is 29.7. The zero-order valence-electron chi connectivity index (χ0n) is 24.2. The third kappa shape index (κ3) is 6.89. The van der Waals surface area contributed by atoms with Crippen LogP contribution in [0.1, 0.15) is 97.5 Å². The number of hydrogen-bond donors (Lipinski definition) is 3. The molecule has 3 aliphatic rings. The summed E-state index contributed by atoms with van der Waals surface area (Å²) in [6.45, 7) is 8.62. The van der Waals surface area contributed by atoms with Gasteiger partial charge in [-0.3, -0.25) is 15.6 Å². The number of carbonyl (C=O) groups is 1. The van der Waals surface area contributed by atoms with Gasteiger partial charge in [0.1, 0.15) is 5.84 Å². The molecule has 3 saturated carbocycles. The second kappa shape index (κ2) is 12.1. The SMILES string of the molecule is CC(=N)N(C(=N)C(C)C)C1CC2CC[C@@H](C1)C2CCC(C)(CNC(=O)C1CCC(F)(F)CC1)c1ccccc1. The molecule has 4 unspecified atom stereocenters. The van der Waals surface area contributed by atoms with Gasteiger partial charge < -0.3 is 10.2 Å². The summed E-state index contributed by atoms with van der Waals surface area (Å²) in [6, 6.07) is 10.6. The van der Waals surface area contributed by atoms with Gasteiger partial charge in [0.05, 0.1) is 5.84 Å². The van der Waals surface area contributed by atoms with Crippen LogP contribution in [0.15, 0.2) is 30.3 Å². The van der Waals surface area contributed by atoms with Crippen molar-refractivity contribution in [3.63, 3.8) is 0 Å². The molecule has 1 amide bonds. The van der Waals surface area contributed by atoms with E-state index < -0.39 is 5.92 Å². The lowest BCUT2D eigenvalue weighted by Crippen LogP contribution is -2.49. The lowest BCUT2D eigenvalue weighted by molar-refractivity contribution is -0.129. The molecule has 7 heteroatoms. The minimum Gasteiger partial charge on any atom is -0.355 e. The summed E-state index contributed by atoms with van der Waals surface area (Å²) in [5.74, 6) is -0.0528. The van der Waals surface area contributed by atoms with Crippen LogP contribution in [0.25, 0.3) is 0 Å². The maximum Gasteiger partial charge on any atom is 0.248 e. The molecule has 4 rings (SSSR count). The third-order valence-electron chi connectivity index (χ3n) is 10.0. The smallest absolute Gasteiger partial charge is 0.248 e. The molecule has 216 valence electrons. The van der Waals surface area contributed by atoms with Gasteiger partial charge in [-0.15, -0.1) is 0 Å². The number of rotatable bonds is 9. The number of nitrogens with one attached hydrogen (secondary N) is 3. The van der Waals surface area contributed by atoms with Crippen LogP contribution in [0.3, 0.4) is 0 Å². The first-order valence-electron chi connectivity index (χ1n) is 15.0. The van der Waals surface area contributed by atoms with Crippen molar-refractivity contribution in [2.45, 2.75) is 109 Å². The van der Waals surface area contributed by atoms with Gasteiger partial charge in [-0.2, -0.15) is 0 Å². The monoisotopic (exact) mass is 542 g/mol. The van der Waals surface area contributed by atoms with E-state index in [1.165, 1.54) is 18.4 Å². The second-order valence-electron chi connectivity index (χ2n) is 13.2. The topological polar surface area (TPSA) is 80.0 Å². The molecule has 0 radical (unpaired) electrons. The fourth-order valence-electron chi connectivity index (χ4n) is 7.62. The van der Waals surface area contributed by atoms with Crippen LogP contribution in [-0.4, -0.2) is 41.0 Å². The van der Waals surface area contributed by atoms with Crippen molar-refractivity contribution in [2.75, 3.05) is 6.54 Å². The highest BCUT2D eigenvalue weighted by molar-refractivity contribution is 5.98. The molecule has 2 bridgehead atoms. The van der Waals surface area contributed by atoms with Gasteiger partial charge in [0, 0.05) is 42.7 Å². The lowest BCUT2D eigenvalue weighted by Gasteiger charge is -2.43. The van der Waals surface area contributed by atoms with E-state index in [9.17, 15) is 13.6 Å². The summed E-state index contributed by atoms with van der Waals surface area (Å²) in [6.07, 6.45) is 6.68. The van der Waals surface area contributed by atoms with Gasteiger partial charge in [-0.1, -0.05) is 51.1 Å². The first-order chi connectivity index (χ1) is 18.4. The van der Waals surface area contributed by atoms with Crippen molar-refractivity contribution in [1.29, 1.82) is 10.8 Å². The third-order valence-corrected chi connectivity index (χ3v) is 10.0. The normalized spacial score (nSPS) is 28.1. The maximum atomic E-state index is 13.6. The molecule has 1 aromatic carbocycles. The van der Waals surface area contributed by atoms with Gasteiger partial charge in [-0.25, -0.2) is 8.78 Å². The van der Waals surface area contributed by atoms with Crippen molar-refractivity contribution < 1.29 is 13.6 Å². The van der Waals surface area contributed by atoms with E-state index in [1.54, 1.807) is 0 Å². The summed E-state index contributed by atoms with van der Waals surface area (Å²) in [7, 11) is 0. The number of amidine groups is 2. The van der Waals surface area contributed by atoms with Gasteiger partial charge in [0.15, 0.2) is 0 Å². The lowest BCUT2D eigenvalue weighted by atomic mass is 9.69. The molecular formula is C32H48F2N4O. The molecule has 5 nitrogen and oxygen atoms in total. The Balaban J connectivity index is 1.41. The number of hydrogen-bond acceptors (Lipinski definition) is 3. The standard InChI is InChI=1S/C32H48F2N4O/c1-21(2)29(36)38(22(3)35)27-18-24-10-11-25(19-27)28(24)14-15-31(4,26-8-6-5-7-9-26)20-37-30(39)23-12-16-32(33,34)17-13-23/h5-9,21,23-25,27-28,35-36H,10-20H2,1-4H3,(H,37,39)/t24-,25?,27?,28?,31?/m0/s1. The van der Waals surface area contributed by atoms with Crippen molar-refractivity contribution in [1.82, 2.24) is 10.2 Å². The van der Waals surface area contributed by atoms with Crippen LogP contribution in [0, 0.1) is 40.4 Å². The molecule has 3 fully saturated rings. The van der Waals surface area contributed by atoms with Crippen LogP contribution in [-0.2, 0) is 10.2 Å². The average molecular weight is 543 g/mol. The number of amides is 1. The molecular weight excluding hydrogens is 494 g/mol. The van der Waals surface area contributed by atoms with Gasteiger partial charge >= 0.3 is 0 Å². The van der Waals surface area contributed by atoms with E-state index in [0.29, 0.717) is 36.0 Å². The van der Waals surface area contributed by atoms with Crippen molar-refractivity contribution in [3.8, 4) is 0 Å². The quantitative estimate of drug-likeness (QED) is 0.224. The fraction of sp³-hybridized carbons (Fsp3) is 0.719. The summed E-state index contributed by atoms with van der Waals surface area (Å²) in [4.78, 5) is 15.0. The molecule has 0 saturated heterocycles. The number of fused-ring (bicyclic) bond motifs is 2. The minimum atomic E-state index is -2.63. The van der Waals surface area contributed by atoms with E-state index in [4.69, 9.17) is 10.8 Å². The molecule has 0 heterocycles. The number of alkyl halides is 2. The van der Waals surface area contributed by atoms with Crippen LogP contribution < -0.4 is 5.32 Å². The Hall–Kier alpha value is -2.31. The molecule has 5 atom stereocenters. The van der Waals surface area contributed by atoms with Gasteiger partial charge in [0.25, 0.3) is 0 Å². The molecule has 3 N–H and O–H groups in total. The molecule has 0 aliphatic heterocycles. The summed E-state index contributed by atoms with van der Waals surface area (Å²) in [5, 5.41) is 20.1. The predicted molar refractivity (Wildman–Crippen MR) is 153 cm³/mol. The van der Waals surface area contributed by atoms with E-state index in [0.717, 1.165) is 25.7 Å². The zero-order valence-corrected chi connectivity index (χ0v) is 24.2. The number of benzene rings is 1. The summed E-state index contributed by atoms with van der Waals surface area (Å²) in [5.41, 5.74) is 0.973. The number of halogens is 2. The van der Waals surface area contributed by atoms with E-state index >= 15 is 0 Å². The Morgan fingerprint density at radius 1 is 1.08 bits per heavy atom. The highest BCUT2D eigenvalue weighted by atomic mass is 19.3. The first-order valence-corrected chi connectivity index (χ1v) is 15.0. The second-order valence-corrected chi connectivity index (χ2v) is 13.2. The fourth-order valence-corrected chi connectivity index (χ4v) is 7.62. The average Bonchev–Trinajstić information content (AvgIpc) is 3.13. The molecule has 0 spiro atoms. The molecule has 39 heavy (non-hydrogen) atoms. The highest BCUT2D eigenvalue weighted by Gasteiger charge is 2.46. The summed E-state index contributed by atoms with van der Waals surface area (Å²) >= 11 is 0. The minimum absolute atomic E-state index is 0.0806. The number of nitrogens with zero attached hydrogens (tertiary/aromatic N) is 1. The van der Waals surface area contributed by atoms with Crippen molar-refractivity contribution in [3.05, 3.63) is 35.9 Å². The number of carbonyl (C=O) groups excluding carboxylic acids is 1. The predicted octanol–water partition coefficient (Wildman–Crippen LogP) is 7.40.